The van der Waals surface area contributed by atoms with Gasteiger partial charge in [0.15, 0.2) is 6.61 Å². The maximum atomic E-state index is 11.5. The lowest BCUT2D eigenvalue weighted by atomic mass is 10.2. The zero-order valence-corrected chi connectivity index (χ0v) is 8.34. The van der Waals surface area contributed by atoms with Gasteiger partial charge in [-0.15, -0.1) is 0 Å². The van der Waals surface area contributed by atoms with Crippen molar-refractivity contribution in [3.63, 3.8) is 0 Å². The molecular formula is C10H10N2O4. The molecule has 6 heteroatoms. The number of phenols is 1. The van der Waals surface area contributed by atoms with E-state index >= 15 is 0 Å². The number of benzene rings is 1. The maximum absolute atomic E-state index is 11.5. The van der Waals surface area contributed by atoms with Crippen LogP contribution >= 0.6 is 0 Å². The lowest BCUT2D eigenvalue weighted by Crippen LogP contribution is -2.43. The molecule has 3 N–H and O–H groups in total. The fourth-order valence-corrected chi connectivity index (χ4v) is 1.52. The van der Waals surface area contributed by atoms with E-state index in [9.17, 15) is 14.7 Å². The number of hydrogen-bond donors (Lipinski definition) is 2. The average Bonchev–Trinajstić information content (AvgIpc) is 2.22. The number of hydrogen-bond acceptors (Lipinski definition) is 4. The Morgan fingerprint density at radius 1 is 1.56 bits per heavy atom. The third-order valence-electron chi connectivity index (χ3n) is 2.20. The summed E-state index contributed by atoms with van der Waals surface area (Å²) in [5.41, 5.74) is 5.49. The smallest absolute Gasteiger partial charge is 0.265 e. The highest BCUT2D eigenvalue weighted by Gasteiger charge is 2.26. The molecule has 0 aromatic heterocycles. The first kappa shape index (κ1) is 10.3. The molecule has 0 bridgehead atoms. The van der Waals surface area contributed by atoms with Gasteiger partial charge in [0.2, 0.25) is 5.91 Å². The van der Waals surface area contributed by atoms with Crippen LogP contribution in [0.25, 0.3) is 0 Å². The Kier molecular flexibility index (Phi) is 2.40. The molecule has 0 unspecified atom stereocenters. The molecule has 0 spiro atoms. The Balaban J connectivity index is 2.40. The average molecular weight is 222 g/mol. The number of ether oxygens (including phenoxy) is 1. The molecule has 1 aromatic rings. The number of rotatable bonds is 2. The zero-order chi connectivity index (χ0) is 11.7. The number of carbonyl (C=O) groups is 2. The van der Waals surface area contributed by atoms with Gasteiger partial charge in [0.1, 0.15) is 18.0 Å². The van der Waals surface area contributed by atoms with E-state index in [1.54, 1.807) is 0 Å². The van der Waals surface area contributed by atoms with E-state index in [2.05, 4.69) is 0 Å². The zero-order valence-electron chi connectivity index (χ0n) is 8.34. The largest absolute Gasteiger partial charge is 0.508 e. The summed E-state index contributed by atoms with van der Waals surface area (Å²) in [6.07, 6.45) is 0. The molecule has 16 heavy (non-hydrogen) atoms. The van der Waals surface area contributed by atoms with Crippen LogP contribution in [0.4, 0.5) is 5.69 Å². The van der Waals surface area contributed by atoms with Gasteiger partial charge in [-0.1, -0.05) is 0 Å². The number of amides is 2. The van der Waals surface area contributed by atoms with E-state index in [1.807, 2.05) is 0 Å². The minimum absolute atomic E-state index is 0.0344. The van der Waals surface area contributed by atoms with Crippen molar-refractivity contribution in [2.75, 3.05) is 18.1 Å². The first-order valence-electron chi connectivity index (χ1n) is 4.62. The van der Waals surface area contributed by atoms with Gasteiger partial charge in [0, 0.05) is 6.07 Å². The van der Waals surface area contributed by atoms with Crippen molar-refractivity contribution in [3.8, 4) is 11.5 Å². The van der Waals surface area contributed by atoms with Crippen LogP contribution in [0.1, 0.15) is 0 Å². The molecule has 1 heterocycles. The van der Waals surface area contributed by atoms with E-state index in [4.69, 9.17) is 10.5 Å². The second-order valence-corrected chi connectivity index (χ2v) is 3.39. The molecular weight excluding hydrogens is 212 g/mol. The van der Waals surface area contributed by atoms with Crippen LogP contribution in [0.3, 0.4) is 0 Å². The van der Waals surface area contributed by atoms with Gasteiger partial charge in [-0.05, 0) is 12.1 Å². The summed E-state index contributed by atoms with van der Waals surface area (Å²) < 4.78 is 5.13. The van der Waals surface area contributed by atoms with Crippen molar-refractivity contribution in [2.24, 2.45) is 5.73 Å². The van der Waals surface area contributed by atoms with Crippen molar-refractivity contribution in [3.05, 3.63) is 18.2 Å². The van der Waals surface area contributed by atoms with Crippen LogP contribution in [0, 0.1) is 0 Å². The van der Waals surface area contributed by atoms with Gasteiger partial charge in [0.05, 0.1) is 5.69 Å². The van der Waals surface area contributed by atoms with Crippen LogP contribution in [0.15, 0.2) is 18.2 Å². The molecule has 0 aliphatic carbocycles. The van der Waals surface area contributed by atoms with E-state index in [-0.39, 0.29) is 24.8 Å². The first-order valence-corrected chi connectivity index (χ1v) is 4.62. The van der Waals surface area contributed by atoms with E-state index in [0.29, 0.717) is 11.4 Å². The standard InChI is InChI=1S/C10H10N2O4/c11-9(14)4-12-7-2-1-6(13)3-8(7)16-5-10(12)15/h1-3,13H,4-5H2,(H2,11,14). The number of fused-ring (bicyclic) bond motifs is 1. The number of primary amides is 1. The first-order chi connectivity index (χ1) is 7.58. The van der Waals surface area contributed by atoms with Gasteiger partial charge < -0.3 is 15.6 Å². The van der Waals surface area contributed by atoms with Gasteiger partial charge in [0.25, 0.3) is 5.91 Å². The lowest BCUT2D eigenvalue weighted by molar-refractivity contribution is -0.124. The van der Waals surface area contributed by atoms with Crippen molar-refractivity contribution < 1.29 is 19.4 Å². The van der Waals surface area contributed by atoms with Crippen LogP contribution in [-0.2, 0) is 9.59 Å². The number of nitrogens with two attached hydrogens (primary N) is 1. The number of aromatic hydroxyl groups is 1. The molecule has 0 saturated heterocycles. The lowest BCUT2D eigenvalue weighted by Gasteiger charge is -2.28. The Morgan fingerprint density at radius 3 is 3.00 bits per heavy atom. The van der Waals surface area contributed by atoms with E-state index in [1.165, 1.54) is 23.1 Å². The summed E-state index contributed by atoms with van der Waals surface area (Å²) in [4.78, 5) is 23.6. The molecule has 2 rings (SSSR count). The molecule has 0 atom stereocenters. The van der Waals surface area contributed by atoms with Crippen LogP contribution in [0.5, 0.6) is 11.5 Å². The quantitative estimate of drug-likeness (QED) is 0.712. The van der Waals surface area contributed by atoms with Crippen molar-refractivity contribution in [1.29, 1.82) is 0 Å². The maximum Gasteiger partial charge on any atom is 0.265 e. The number of nitrogens with zero attached hydrogens (tertiary/aromatic N) is 1. The van der Waals surface area contributed by atoms with Crippen molar-refractivity contribution in [1.82, 2.24) is 0 Å². The summed E-state index contributed by atoms with van der Waals surface area (Å²) in [5.74, 6) is -0.542. The van der Waals surface area contributed by atoms with Gasteiger partial charge in [-0.2, -0.15) is 0 Å². The van der Waals surface area contributed by atoms with Crippen LogP contribution in [-0.4, -0.2) is 30.1 Å². The van der Waals surface area contributed by atoms with Gasteiger partial charge in [-0.25, -0.2) is 0 Å². The molecule has 0 saturated carbocycles. The Labute approximate surface area is 91.2 Å². The number of carbonyl (C=O) groups excluding carboxylic acids is 2. The van der Waals surface area contributed by atoms with Crippen LogP contribution in [0.2, 0.25) is 0 Å². The third-order valence-corrected chi connectivity index (χ3v) is 2.20. The predicted molar refractivity (Wildman–Crippen MR) is 55.1 cm³/mol. The summed E-state index contributed by atoms with van der Waals surface area (Å²) >= 11 is 0. The van der Waals surface area contributed by atoms with Crippen LogP contribution < -0.4 is 15.4 Å². The van der Waals surface area contributed by atoms with E-state index in [0.717, 1.165) is 0 Å². The highest BCUT2D eigenvalue weighted by molar-refractivity contribution is 6.01. The molecule has 2 amide bonds. The molecule has 6 nitrogen and oxygen atoms in total. The molecule has 84 valence electrons. The monoisotopic (exact) mass is 222 g/mol. The predicted octanol–water partition coefficient (Wildman–Crippen LogP) is -0.397. The van der Waals surface area contributed by atoms with Crippen molar-refractivity contribution >= 4 is 17.5 Å². The minimum Gasteiger partial charge on any atom is -0.508 e. The third kappa shape index (κ3) is 1.77. The summed E-state index contributed by atoms with van der Waals surface area (Å²) in [5, 5.41) is 9.25. The topological polar surface area (TPSA) is 92.9 Å². The molecule has 0 fully saturated rings. The normalized spacial score (nSPS) is 14.2. The summed E-state index contributed by atoms with van der Waals surface area (Å²) in [6.45, 7) is -0.357. The highest BCUT2D eigenvalue weighted by Crippen LogP contribution is 2.34. The minimum atomic E-state index is -0.603. The Morgan fingerprint density at radius 2 is 2.31 bits per heavy atom. The number of phenolic OH excluding ortho intramolecular Hbond substituents is 1. The van der Waals surface area contributed by atoms with E-state index < -0.39 is 5.91 Å². The number of anilines is 1. The SMILES string of the molecule is NC(=O)CN1C(=O)COc2cc(O)ccc21. The van der Waals surface area contributed by atoms with Gasteiger partial charge >= 0.3 is 0 Å². The summed E-state index contributed by atoms with van der Waals surface area (Å²) in [6, 6.07) is 4.30. The molecule has 1 aromatic carbocycles. The fourth-order valence-electron chi connectivity index (χ4n) is 1.52. The molecule has 1 aliphatic heterocycles. The summed E-state index contributed by atoms with van der Waals surface area (Å²) in [7, 11) is 0. The molecule has 1 aliphatic rings. The van der Waals surface area contributed by atoms with Gasteiger partial charge in [-0.3, -0.25) is 14.5 Å². The molecule has 0 radical (unpaired) electrons. The Hall–Kier alpha value is -2.24. The Bertz CT molecular complexity index is 458. The fraction of sp³-hybridized carbons (Fsp3) is 0.200. The second-order valence-electron chi connectivity index (χ2n) is 3.39. The highest BCUT2D eigenvalue weighted by atomic mass is 16.5. The second kappa shape index (κ2) is 3.73. The van der Waals surface area contributed by atoms with Crippen molar-refractivity contribution in [2.45, 2.75) is 0 Å².